The minimum absolute atomic E-state index is 0.477. The van der Waals surface area contributed by atoms with Gasteiger partial charge in [-0.15, -0.1) is 11.6 Å². The van der Waals surface area contributed by atoms with E-state index in [2.05, 4.69) is 10.3 Å². The summed E-state index contributed by atoms with van der Waals surface area (Å²) in [6, 6.07) is 2.43. The molecule has 112 valence electrons. The Bertz CT molecular complexity index is 419. The average molecular weight is 307 g/mol. The van der Waals surface area contributed by atoms with Crippen LogP contribution in [0.1, 0.15) is 31.2 Å². The van der Waals surface area contributed by atoms with Crippen LogP contribution in [0.4, 0.5) is 19.0 Å². The van der Waals surface area contributed by atoms with E-state index in [1.807, 2.05) is 0 Å². The molecule has 1 aliphatic carbocycles. The van der Waals surface area contributed by atoms with Gasteiger partial charge in [-0.1, -0.05) is 12.8 Å². The standard InChI is InChI=1S/C14H18ClF3N2/c15-7-10-3-1-2-4-11(10)8-19-13-6-5-12(9-20-13)14(16,17)18/h5-6,9-11H,1-4,7-8H2,(H,19,20). The fourth-order valence-corrected chi connectivity index (χ4v) is 3.06. The van der Waals surface area contributed by atoms with Crippen LogP contribution in [0.3, 0.4) is 0 Å². The maximum absolute atomic E-state index is 12.4. The number of aromatic nitrogens is 1. The Labute approximate surface area is 121 Å². The molecule has 2 nitrogen and oxygen atoms in total. The number of hydrogen-bond donors (Lipinski definition) is 1. The lowest BCUT2D eigenvalue weighted by atomic mass is 9.80. The van der Waals surface area contributed by atoms with Crippen LogP contribution in [0.5, 0.6) is 0 Å². The summed E-state index contributed by atoms with van der Waals surface area (Å²) in [5, 5.41) is 3.12. The number of nitrogens with zero attached hydrogens (tertiary/aromatic N) is 1. The molecule has 1 aromatic rings. The third-order valence-corrected chi connectivity index (χ3v) is 4.30. The Hall–Kier alpha value is -0.970. The summed E-state index contributed by atoms with van der Waals surface area (Å²) in [6.07, 6.45) is 1.19. The highest BCUT2D eigenvalue weighted by atomic mass is 35.5. The molecule has 0 saturated heterocycles. The maximum Gasteiger partial charge on any atom is 0.417 e. The molecule has 1 aromatic heterocycles. The van der Waals surface area contributed by atoms with Crippen molar-refractivity contribution in [1.82, 2.24) is 4.98 Å². The molecule has 1 fully saturated rings. The van der Waals surface area contributed by atoms with Crippen molar-refractivity contribution in [3.8, 4) is 0 Å². The number of nitrogens with one attached hydrogen (secondary N) is 1. The Morgan fingerprint density at radius 1 is 1.20 bits per heavy atom. The van der Waals surface area contributed by atoms with E-state index >= 15 is 0 Å². The molecule has 0 amide bonds. The van der Waals surface area contributed by atoms with E-state index < -0.39 is 11.7 Å². The van der Waals surface area contributed by atoms with Gasteiger partial charge in [0, 0.05) is 18.6 Å². The van der Waals surface area contributed by atoms with Crippen molar-refractivity contribution in [3.63, 3.8) is 0 Å². The van der Waals surface area contributed by atoms with Gasteiger partial charge in [-0.25, -0.2) is 4.98 Å². The molecular formula is C14H18ClF3N2. The van der Waals surface area contributed by atoms with Gasteiger partial charge in [0.25, 0.3) is 0 Å². The van der Waals surface area contributed by atoms with Crippen LogP contribution in [0.25, 0.3) is 0 Å². The van der Waals surface area contributed by atoms with E-state index in [1.54, 1.807) is 0 Å². The van der Waals surface area contributed by atoms with Crippen molar-refractivity contribution < 1.29 is 13.2 Å². The van der Waals surface area contributed by atoms with Gasteiger partial charge >= 0.3 is 6.18 Å². The summed E-state index contributed by atoms with van der Waals surface area (Å²) in [4.78, 5) is 3.82. The third-order valence-electron chi connectivity index (χ3n) is 3.90. The molecule has 2 atom stereocenters. The summed E-state index contributed by atoms with van der Waals surface area (Å²) in [5.74, 6) is 2.10. The van der Waals surface area contributed by atoms with Gasteiger partial charge in [0.15, 0.2) is 0 Å². The molecule has 6 heteroatoms. The predicted octanol–water partition coefficient (Wildman–Crippen LogP) is 4.56. The van der Waals surface area contributed by atoms with E-state index in [0.717, 1.165) is 31.6 Å². The summed E-state index contributed by atoms with van der Waals surface area (Å²) >= 11 is 5.96. The highest BCUT2D eigenvalue weighted by molar-refractivity contribution is 6.18. The summed E-state index contributed by atoms with van der Waals surface area (Å²) < 4.78 is 37.3. The summed E-state index contributed by atoms with van der Waals surface area (Å²) in [5.41, 5.74) is -0.723. The zero-order chi connectivity index (χ0) is 14.6. The van der Waals surface area contributed by atoms with E-state index in [-0.39, 0.29) is 0 Å². The third kappa shape index (κ3) is 4.01. The first-order valence-corrected chi connectivity index (χ1v) is 7.37. The maximum atomic E-state index is 12.4. The molecule has 0 aromatic carbocycles. The van der Waals surface area contributed by atoms with Crippen molar-refractivity contribution in [2.24, 2.45) is 11.8 Å². The molecule has 0 bridgehead atoms. The minimum Gasteiger partial charge on any atom is -0.370 e. The number of anilines is 1. The quantitative estimate of drug-likeness (QED) is 0.825. The van der Waals surface area contributed by atoms with E-state index in [9.17, 15) is 13.2 Å². The molecular weight excluding hydrogens is 289 g/mol. The Morgan fingerprint density at radius 3 is 2.45 bits per heavy atom. The van der Waals surface area contributed by atoms with Crippen LogP contribution in [0, 0.1) is 11.8 Å². The first-order chi connectivity index (χ1) is 9.50. The molecule has 1 aliphatic rings. The molecule has 20 heavy (non-hydrogen) atoms. The fourth-order valence-electron chi connectivity index (χ4n) is 2.66. The van der Waals surface area contributed by atoms with Crippen molar-refractivity contribution in [3.05, 3.63) is 23.9 Å². The van der Waals surface area contributed by atoms with Crippen LogP contribution in [0.2, 0.25) is 0 Å². The molecule has 1 saturated carbocycles. The summed E-state index contributed by atoms with van der Waals surface area (Å²) in [7, 11) is 0. The lowest BCUT2D eigenvalue weighted by molar-refractivity contribution is -0.137. The van der Waals surface area contributed by atoms with E-state index in [4.69, 9.17) is 11.6 Å². The van der Waals surface area contributed by atoms with Gasteiger partial charge < -0.3 is 5.32 Å². The Kier molecular flexibility index (Phi) is 5.13. The first-order valence-electron chi connectivity index (χ1n) is 6.84. The van der Waals surface area contributed by atoms with Gasteiger partial charge in [0.05, 0.1) is 5.56 Å². The molecule has 2 rings (SSSR count). The molecule has 0 radical (unpaired) electrons. The van der Waals surface area contributed by atoms with Gasteiger partial charge in [-0.05, 0) is 36.8 Å². The monoisotopic (exact) mass is 306 g/mol. The lowest BCUT2D eigenvalue weighted by Gasteiger charge is -2.30. The first kappa shape index (κ1) is 15.4. The van der Waals surface area contributed by atoms with Gasteiger partial charge in [0.1, 0.15) is 5.82 Å². The molecule has 0 spiro atoms. The smallest absolute Gasteiger partial charge is 0.370 e. The number of rotatable bonds is 4. The molecule has 1 heterocycles. The zero-order valence-electron chi connectivity index (χ0n) is 11.1. The second kappa shape index (κ2) is 6.66. The number of alkyl halides is 4. The molecule has 0 aliphatic heterocycles. The Balaban J connectivity index is 1.90. The van der Waals surface area contributed by atoms with Crippen molar-refractivity contribution in [1.29, 1.82) is 0 Å². The second-order valence-electron chi connectivity index (χ2n) is 5.27. The van der Waals surface area contributed by atoms with Gasteiger partial charge in [-0.2, -0.15) is 13.2 Å². The number of halogens is 4. The predicted molar refractivity (Wildman–Crippen MR) is 73.9 cm³/mol. The number of pyridine rings is 1. The zero-order valence-corrected chi connectivity index (χ0v) is 11.8. The van der Waals surface area contributed by atoms with Crippen LogP contribution >= 0.6 is 11.6 Å². The fraction of sp³-hybridized carbons (Fsp3) is 0.643. The second-order valence-corrected chi connectivity index (χ2v) is 5.58. The van der Waals surface area contributed by atoms with E-state index in [0.29, 0.717) is 23.5 Å². The number of hydrogen-bond acceptors (Lipinski definition) is 2. The topological polar surface area (TPSA) is 24.9 Å². The summed E-state index contributed by atoms with van der Waals surface area (Å²) in [6.45, 7) is 0.718. The van der Waals surface area contributed by atoms with Crippen LogP contribution < -0.4 is 5.32 Å². The Morgan fingerprint density at radius 2 is 1.90 bits per heavy atom. The normalized spacial score (nSPS) is 23.6. The average Bonchev–Trinajstić information content (AvgIpc) is 2.45. The van der Waals surface area contributed by atoms with Gasteiger partial charge in [0.2, 0.25) is 0 Å². The van der Waals surface area contributed by atoms with E-state index in [1.165, 1.54) is 18.9 Å². The van der Waals surface area contributed by atoms with Crippen LogP contribution in [0.15, 0.2) is 18.3 Å². The van der Waals surface area contributed by atoms with Crippen LogP contribution in [-0.4, -0.2) is 17.4 Å². The van der Waals surface area contributed by atoms with Crippen molar-refractivity contribution in [2.45, 2.75) is 31.9 Å². The minimum atomic E-state index is -4.33. The largest absolute Gasteiger partial charge is 0.417 e. The highest BCUT2D eigenvalue weighted by Crippen LogP contribution is 2.31. The SMILES string of the molecule is FC(F)(F)c1ccc(NCC2CCCCC2CCl)nc1. The molecule has 2 unspecified atom stereocenters. The highest BCUT2D eigenvalue weighted by Gasteiger charge is 2.30. The van der Waals surface area contributed by atoms with Gasteiger partial charge in [-0.3, -0.25) is 0 Å². The van der Waals surface area contributed by atoms with Crippen LogP contribution in [-0.2, 0) is 6.18 Å². The molecule has 1 N–H and O–H groups in total. The lowest BCUT2D eigenvalue weighted by Crippen LogP contribution is -2.27. The van der Waals surface area contributed by atoms with Crippen molar-refractivity contribution >= 4 is 17.4 Å². The van der Waals surface area contributed by atoms with Crippen molar-refractivity contribution in [2.75, 3.05) is 17.7 Å².